The highest BCUT2D eigenvalue weighted by Crippen LogP contribution is 2.49. The summed E-state index contributed by atoms with van der Waals surface area (Å²) in [4.78, 5) is 50.9. The molecule has 5 N–H and O–H groups in total. The monoisotopic (exact) mass is 1920 g/mol. The number of carbonyl (C=O) groups is 3. The van der Waals surface area contributed by atoms with Crippen LogP contribution >= 0.6 is 45.9 Å². The minimum absolute atomic E-state index is 0.0234. The molecule has 30 nitrogen and oxygen atoms in total. The summed E-state index contributed by atoms with van der Waals surface area (Å²) in [6.07, 6.45) is 20.8. The number of nitrogens with zero attached hydrogens (tertiary/aromatic N) is 10. The van der Waals surface area contributed by atoms with Gasteiger partial charge >= 0.3 is 12.1 Å². The summed E-state index contributed by atoms with van der Waals surface area (Å²) >= 11 is 1.92. The number of halogens is 1. The lowest BCUT2D eigenvalue weighted by atomic mass is 10.0. The van der Waals surface area contributed by atoms with Gasteiger partial charge in [0.05, 0.1) is 43.4 Å². The van der Waals surface area contributed by atoms with Gasteiger partial charge in [-0.25, -0.2) is 67.7 Å². The maximum atomic E-state index is 13.1. The normalized spacial score (nSPS) is 15.5. The molecule has 2 aliphatic rings. The van der Waals surface area contributed by atoms with Gasteiger partial charge in [-0.2, -0.15) is 11.8 Å². The van der Waals surface area contributed by atoms with Gasteiger partial charge < -0.3 is 91.2 Å². The SMILES string of the molecule is [C-]#[N+]CCOP(OCCCCCCCNC(=O)OC(C)(C)C)N(C(C)C)C(C)C.[C-]#[N+]CCOP(OCCCCCCCNS(=O)(=O)c1cccc2c(N(C)C)cccc12)N(C(C)C)C(C)C.[C-]#[N+]CCOP(OCCCCCCN(F)COC)N(C(C)C)C(C)C.[C-]#[N+]CCOP(OCCCCCCNC(=O)CCCCC1SCC2NC(=O)NC21)N(C(C)C)C(C)C. The van der Waals surface area contributed by atoms with E-state index in [2.05, 4.69) is 175 Å². The van der Waals surface area contributed by atoms with Gasteiger partial charge in [0.25, 0.3) is 34.1 Å². The summed E-state index contributed by atoms with van der Waals surface area (Å²) in [6, 6.07) is 14.1. The standard InChI is InChI=1S/C28H45N4O4PS.C25H46N5O4PS.C21H42N3O4P.C17H35FN3O3P/c1-23(2)32(24(3)4)37(36-22-20-29-5)35-21-12-10-8-9-11-19-30-38(33,34)28-18-14-15-25-26(28)16-13-17-27(25)31(6)7;1-19(2)30(20(3)4)35(34-17-15-26-5)33-16-11-7-6-10-14-27-23(31)13-9-8-12-22-24-21(18-36-22)28-25(32)29-24;1-18(2)24(19(3)4)29(27-17-15-22-8)26-16-13-11-9-10-12-14-23-20(25)28-21(5,6)7;1-16(2)21(17(3)4)25(24-14-11-19-5)23-13-10-8-7-9-12-20(18)15-22-6/h13-18,23-24,30H,8-12,19-22H2,1-4,6-7H3;19-22,24H,6-18H2,1-4H3,(H,27,31)(H2,28,29,32);18-19H,9-17H2,1-7H3,(H,23,25);16-17H,7-15H2,1-4,6H3. The number of sulfonamides is 1. The molecule has 7 unspecified atom stereocenters. The third-order valence-electron chi connectivity index (χ3n) is 19.7. The fourth-order valence-corrected chi connectivity index (χ4v) is 23.4. The Bertz CT molecular complexity index is 3500. The maximum Gasteiger partial charge on any atom is 0.407 e. The van der Waals surface area contributed by atoms with E-state index < -0.39 is 49.7 Å². The van der Waals surface area contributed by atoms with Crippen LogP contribution in [0, 0.1) is 26.3 Å². The number of alkyl carbamates (subject to hydrolysis) is 1. The first-order valence-electron chi connectivity index (χ1n) is 46.6. The van der Waals surface area contributed by atoms with Gasteiger partial charge in [0.15, 0.2) is 0 Å². The van der Waals surface area contributed by atoms with Gasteiger partial charge in [-0.3, -0.25) is 4.79 Å². The Balaban J connectivity index is 0.000000865. The number of hydrogen-bond acceptors (Lipinski definition) is 22. The number of fused-ring (bicyclic) bond motifs is 2. The van der Waals surface area contributed by atoms with E-state index in [1.807, 2.05) is 75.8 Å². The number of nitrogens with one attached hydrogen (secondary N) is 5. The van der Waals surface area contributed by atoms with E-state index in [0.717, 1.165) is 164 Å². The van der Waals surface area contributed by atoms with Crippen LogP contribution in [0.2, 0.25) is 0 Å². The number of ether oxygens (including phenoxy) is 2. The Morgan fingerprint density at radius 2 is 0.867 bits per heavy atom. The molecule has 0 aromatic heterocycles. The third kappa shape index (κ3) is 55.0. The molecule has 2 heterocycles. The lowest BCUT2D eigenvalue weighted by molar-refractivity contribution is -0.121. The van der Waals surface area contributed by atoms with Crippen molar-refractivity contribution >= 4 is 90.4 Å². The Labute approximate surface area is 783 Å². The van der Waals surface area contributed by atoms with E-state index in [0.29, 0.717) is 169 Å². The van der Waals surface area contributed by atoms with Crippen LogP contribution in [-0.2, 0) is 60.5 Å². The molecular formula is C91H168FN15O15P4S2. The molecule has 4 amide bonds. The molecule has 2 aliphatic heterocycles. The second-order valence-corrected chi connectivity index (χ2v) is 43.8. The average Bonchev–Trinajstić information content (AvgIpc) is 1.07. The largest absolute Gasteiger partial charge is 0.444 e. The van der Waals surface area contributed by atoms with Crippen molar-refractivity contribution in [2.45, 2.75) is 349 Å². The summed E-state index contributed by atoms with van der Waals surface area (Å²) in [5.41, 5.74) is 0.538. The number of rotatable bonds is 68. The van der Waals surface area contributed by atoms with Crippen LogP contribution in [0.1, 0.15) is 273 Å². The number of urea groups is 1. The Hall–Kier alpha value is -4.18. The highest BCUT2D eigenvalue weighted by molar-refractivity contribution is 8.00. The number of thioether (sulfide) groups is 1. The van der Waals surface area contributed by atoms with Crippen molar-refractivity contribution in [2.75, 3.05) is 144 Å². The van der Waals surface area contributed by atoms with Crippen molar-refractivity contribution in [3.8, 4) is 0 Å². The third-order valence-corrected chi connectivity index (χ3v) is 31.1. The van der Waals surface area contributed by atoms with Gasteiger partial charge in [-0.15, -0.1) is 9.60 Å². The Morgan fingerprint density at radius 3 is 1.26 bits per heavy atom. The molecule has 0 bridgehead atoms. The number of benzene rings is 2. The van der Waals surface area contributed by atoms with Crippen molar-refractivity contribution in [1.82, 2.24) is 49.8 Å². The van der Waals surface area contributed by atoms with Crippen LogP contribution in [0.4, 0.5) is 19.8 Å². The summed E-state index contributed by atoms with van der Waals surface area (Å²) < 4.78 is 109. The predicted octanol–water partition coefficient (Wildman–Crippen LogP) is 21.5. The molecule has 7 atom stereocenters. The van der Waals surface area contributed by atoms with Crippen molar-refractivity contribution in [3.63, 3.8) is 0 Å². The van der Waals surface area contributed by atoms with E-state index in [1.165, 1.54) is 7.11 Å². The molecule has 0 aliphatic carbocycles. The zero-order valence-corrected chi connectivity index (χ0v) is 87.4. The number of amides is 4. The molecule has 37 heteroatoms. The first-order valence-corrected chi connectivity index (χ1v) is 53.7. The summed E-state index contributed by atoms with van der Waals surface area (Å²) in [7, 11) is -2.83. The summed E-state index contributed by atoms with van der Waals surface area (Å²) in [5.74, 6) is 1.11. The van der Waals surface area contributed by atoms with Crippen LogP contribution in [0.5, 0.6) is 0 Å². The van der Waals surface area contributed by atoms with Crippen LogP contribution in [0.25, 0.3) is 30.2 Å². The molecule has 0 saturated carbocycles. The molecule has 4 rings (SSSR count). The van der Waals surface area contributed by atoms with E-state index >= 15 is 0 Å². The second kappa shape index (κ2) is 73.2. The lowest BCUT2D eigenvalue weighted by Gasteiger charge is -2.35. The Kier molecular flexibility index (Phi) is 69.6. The Morgan fingerprint density at radius 1 is 0.500 bits per heavy atom. The number of anilines is 1. The van der Waals surface area contributed by atoms with Crippen molar-refractivity contribution in [3.05, 3.63) is 82.1 Å². The molecular weight excluding hydrogens is 1750 g/mol. The molecule has 736 valence electrons. The number of methoxy groups -OCH3 is 1. The van der Waals surface area contributed by atoms with Gasteiger partial charge in [0.1, 0.15) is 38.8 Å². The zero-order chi connectivity index (χ0) is 95.8. The minimum atomic E-state index is -3.60. The second-order valence-electron chi connectivity index (χ2n) is 34.9. The predicted molar refractivity (Wildman–Crippen MR) is 527 cm³/mol. The lowest BCUT2D eigenvalue weighted by Crippen LogP contribution is -2.36. The van der Waals surface area contributed by atoms with Gasteiger partial charge in [0, 0.05) is 130 Å². The van der Waals surface area contributed by atoms with Gasteiger partial charge in [0.2, 0.25) is 42.1 Å². The van der Waals surface area contributed by atoms with Gasteiger partial charge in [-0.1, -0.05) is 94.9 Å². The average molecular weight is 1920 g/mol. The van der Waals surface area contributed by atoms with Crippen molar-refractivity contribution in [1.29, 1.82) is 0 Å². The van der Waals surface area contributed by atoms with E-state index in [-0.39, 0.29) is 36.8 Å². The highest BCUT2D eigenvalue weighted by atomic mass is 32.2. The van der Waals surface area contributed by atoms with Crippen LogP contribution in [-0.4, -0.2) is 260 Å². The number of unbranched alkanes of at least 4 members (excludes halogenated alkanes) is 15. The van der Waals surface area contributed by atoms with E-state index in [1.54, 1.807) is 12.1 Å². The quantitative estimate of drug-likeness (QED) is 0.0103. The van der Waals surface area contributed by atoms with Crippen LogP contribution in [0.15, 0.2) is 41.3 Å². The van der Waals surface area contributed by atoms with Crippen LogP contribution < -0.4 is 30.9 Å². The fraction of sp³-hybridized carbons (Fsp3) is 0.813. The fourth-order valence-electron chi connectivity index (χ4n) is 14.1. The smallest absolute Gasteiger partial charge is 0.407 e. The van der Waals surface area contributed by atoms with E-state index in [9.17, 15) is 27.3 Å². The summed E-state index contributed by atoms with van der Waals surface area (Å²) in [5, 5.41) is 14.6. The molecule has 2 aromatic carbocycles. The van der Waals surface area contributed by atoms with Crippen molar-refractivity contribution in [2.24, 2.45) is 0 Å². The maximum absolute atomic E-state index is 13.1. The zero-order valence-electron chi connectivity index (χ0n) is 82.2. The van der Waals surface area contributed by atoms with Crippen molar-refractivity contribution < 1.29 is 72.9 Å². The van der Waals surface area contributed by atoms with Crippen LogP contribution in [0.3, 0.4) is 0 Å². The minimum Gasteiger partial charge on any atom is -0.444 e. The molecule has 2 aromatic rings. The number of hydrogen-bond donors (Lipinski definition) is 5. The highest BCUT2D eigenvalue weighted by Gasteiger charge is 2.43. The molecule has 2 fully saturated rings. The first kappa shape index (κ1) is 122. The topological polar surface area (TPSA) is 275 Å². The molecule has 0 radical (unpaired) electrons. The first-order chi connectivity index (χ1) is 60.9. The molecule has 128 heavy (non-hydrogen) atoms. The van der Waals surface area contributed by atoms with Gasteiger partial charge in [-0.05, 0) is 208 Å². The molecule has 2 saturated heterocycles. The number of carbonyl (C=O) groups excluding carboxylic acids is 3. The summed E-state index contributed by atoms with van der Waals surface area (Å²) in [6.45, 7) is 75.2. The molecule has 0 spiro atoms. The van der Waals surface area contributed by atoms with E-state index in [4.69, 9.17) is 72.0 Å².